The molecule has 0 saturated heterocycles. The lowest BCUT2D eigenvalue weighted by atomic mass is 10.0. The molecule has 0 fully saturated rings. The second-order valence-electron chi connectivity index (χ2n) is 14.7. The molecule has 0 aliphatic heterocycles. The Morgan fingerprint density at radius 2 is 0.702 bits per heavy atom. The molecule has 0 heterocycles. The number of allylic oxidation sites excluding steroid dienone is 16. The largest absolute Gasteiger partial charge is 0.462 e. The van der Waals surface area contributed by atoms with Gasteiger partial charge in [0.15, 0.2) is 6.10 Å². The molecule has 1 unspecified atom stereocenters. The van der Waals surface area contributed by atoms with Gasteiger partial charge in [-0.3, -0.25) is 14.4 Å². The fraction of sp³-hybridized carbons (Fsp3) is 0.627. The van der Waals surface area contributed by atoms with Gasteiger partial charge >= 0.3 is 17.9 Å². The highest BCUT2D eigenvalue weighted by Crippen LogP contribution is 2.14. The van der Waals surface area contributed by atoms with Crippen LogP contribution in [-0.4, -0.2) is 37.2 Å². The lowest BCUT2D eigenvalue weighted by Crippen LogP contribution is -2.30. The van der Waals surface area contributed by atoms with Crippen molar-refractivity contribution in [1.82, 2.24) is 0 Å². The number of unbranched alkanes of at least 4 members (excludes halogenated alkanes) is 18. The number of rotatable bonds is 39. The van der Waals surface area contributed by atoms with Gasteiger partial charge in [0.05, 0.1) is 0 Å². The van der Waals surface area contributed by atoms with Crippen LogP contribution in [0.25, 0.3) is 0 Å². The number of hydrogen-bond donors (Lipinski definition) is 0. The van der Waals surface area contributed by atoms with Crippen molar-refractivity contribution in [3.8, 4) is 0 Å². The summed E-state index contributed by atoms with van der Waals surface area (Å²) >= 11 is 0. The third-order valence-electron chi connectivity index (χ3n) is 9.27. The summed E-state index contributed by atoms with van der Waals surface area (Å²) in [5.74, 6) is -1.02. The van der Waals surface area contributed by atoms with E-state index in [1.807, 2.05) is 60.8 Å². The predicted molar refractivity (Wildman–Crippen MR) is 242 cm³/mol. The van der Waals surface area contributed by atoms with Crippen LogP contribution < -0.4 is 0 Å². The van der Waals surface area contributed by atoms with Gasteiger partial charge in [-0.05, 0) is 51.4 Å². The Bertz CT molecular complexity index is 1180. The minimum Gasteiger partial charge on any atom is -0.462 e. The lowest BCUT2D eigenvalue weighted by Gasteiger charge is -2.18. The third-order valence-corrected chi connectivity index (χ3v) is 9.27. The average molecular weight is 791 g/mol. The van der Waals surface area contributed by atoms with Crippen molar-refractivity contribution in [1.29, 1.82) is 0 Å². The minimum atomic E-state index is -0.814. The van der Waals surface area contributed by atoms with Gasteiger partial charge in [0.25, 0.3) is 0 Å². The van der Waals surface area contributed by atoms with E-state index >= 15 is 0 Å². The molecule has 0 aliphatic carbocycles. The van der Waals surface area contributed by atoms with E-state index in [1.54, 1.807) is 0 Å². The molecule has 0 aliphatic rings. The summed E-state index contributed by atoms with van der Waals surface area (Å²) in [6.07, 6.45) is 58.2. The summed E-state index contributed by atoms with van der Waals surface area (Å²) < 4.78 is 16.6. The Balaban J connectivity index is 4.54. The molecule has 0 rings (SSSR count). The first-order valence-electron chi connectivity index (χ1n) is 22.8. The smallest absolute Gasteiger partial charge is 0.306 e. The van der Waals surface area contributed by atoms with E-state index in [0.717, 1.165) is 77.0 Å². The van der Waals surface area contributed by atoms with Gasteiger partial charge in [0.2, 0.25) is 0 Å². The molecule has 0 amide bonds. The Morgan fingerprint density at radius 1 is 0.368 bits per heavy atom. The van der Waals surface area contributed by atoms with Crippen LogP contribution in [0, 0.1) is 0 Å². The SMILES string of the molecule is CC\C=C/C=C\C=C/C=C\C=C/CCCC(=O)OCC(COC(=O)CCCCCCCCCCCCCCC)OC(=O)CCCCCCC\C=C/C=C\C=C/CC. The normalized spacial score (nSPS) is 13.0. The monoisotopic (exact) mass is 791 g/mol. The highest BCUT2D eigenvalue weighted by molar-refractivity contribution is 5.71. The zero-order valence-corrected chi connectivity index (χ0v) is 36.6. The summed E-state index contributed by atoms with van der Waals surface area (Å²) in [7, 11) is 0. The van der Waals surface area contributed by atoms with E-state index in [2.05, 4.69) is 57.2 Å². The minimum absolute atomic E-state index is 0.108. The zero-order chi connectivity index (χ0) is 41.5. The van der Waals surface area contributed by atoms with E-state index in [4.69, 9.17) is 14.2 Å². The number of ether oxygens (including phenoxy) is 3. The highest BCUT2D eigenvalue weighted by Gasteiger charge is 2.19. The molecular formula is C51H82O6. The quantitative estimate of drug-likeness (QED) is 0.0267. The van der Waals surface area contributed by atoms with Crippen LogP contribution in [0.4, 0.5) is 0 Å². The number of carbonyl (C=O) groups excluding carboxylic acids is 3. The standard InChI is InChI=1S/C51H82O6/c1-4-7-10-13-16-19-22-25-28-31-34-37-40-43-49(52)55-46-48(57-51(54)45-42-39-36-33-30-27-24-21-18-15-12-9-6-3)47-56-50(53)44-41-38-35-32-29-26-23-20-17-14-11-8-5-2/h7,9-10,12-13,15-16,18-19,21-22,24-25,28,31,34,48H,4-6,8,11,14,17,20,23,26-27,29-30,32-33,35-47H2,1-3H3/b10-7-,12-9-,16-13-,18-15-,22-19-,24-21-,28-25-,34-31-. The Hall–Kier alpha value is -3.67. The first kappa shape index (κ1) is 53.3. The topological polar surface area (TPSA) is 78.9 Å². The molecule has 6 nitrogen and oxygen atoms in total. The maximum Gasteiger partial charge on any atom is 0.306 e. The average Bonchev–Trinajstić information content (AvgIpc) is 3.21. The molecule has 0 N–H and O–H groups in total. The summed E-state index contributed by atoms with van der Waals surface area (Å²) in [6.45, 7) is 6.25. The van der Waals surface area contributed by atoms with Crippen LogP contribution in [0.1, 0.15) is 188 Å². The van der Waals surface area contributed by atoms with Crippen LogP contribution in [0.3, 0.4) is 0 Å². The molecule has 0 saturated carbocycles. The van der Waals surface area contributed by atoms with Crippen LogP contribution in [0.15, 0.2) is 97.2 Å². The second-order valence-corrected chi connectivity index (χ2v) is 14.7. The first-order chi connectivity index (χ1) is 28.0. The molecular weight excluding hydrogens is 709 g/mol. The van der Waals surface area contributed by atoms with Gasteiger partial charge in [-0.2, -0.15) is 0 Å². The fourth-order valence-corrected chi connectivity index (χ4v) is 5.88. The fourth-order valence-electron chi connectivity index (χ4n) is 5.88. The molecule has 0 aromatic carbocycles. The molecule has 0 radical (unpaired) electrons. The maximum absolute atomic E-state index is 12.7. The van der Waals surface area contributed by atoms with Crippen molar-refractivity contribution in [2.24, 2.45) is 0 Å². The third kappa shape index (κ3) is 43.3. The Labute approximate surface area is 349 Å². The lowest BCUT2D eigenvalue weighted by molar-refractivity contribution is -0.167. The molecule has 6 heteroatoms. The Kier molecular flexibility index (Phi) is 42.1. The van der Waals surface area contributed by atoms with Crippen LogP contribution >= 0.6 is 0 Å². The van der Waals surface area contributed by atoms with Gasteiger partial charge in [-0.1, -0.05) is 214 Å². The van der Waals surface area contributed by atoms with E-state index in [-0.39, 0.29) is 44.0 Å². The predicted octanol–water partition coefficient (Wildman–Crippen LogP) is 14.6. The summed E-state index contributed by atoms with van der Waals surface area (Å²) in [5, 5.41) is 0. The van der Waals surface area contributed by atoms with Gasteiger partial charge in [-0.25, -0.2) is 0 Å². The summed E-state index contributed by atoms with van der Waals surface area (Å²) in [5.41, 5.74) is 0. The summed E-state index contributed by atoms with van der Waals surface area (Å²) in [4.78, 5) is 37.7. The van der Waals surface area contributed by atoms with E-state index in [9.17, 15) is 14.4 Å². The maximum atomic E-state index is 12.7. The van der Waals surface area contributed by atoms with Crippen LogP contribution in [-0.2, 0) is 28.6 Å². The van der Waals surface area contributed by atoms with Gasteiger partial charge in [0, 0.05) is 19.3 Å². The number of hydrogen-bond acceptors (Lipinski definition) is 6. The molecule has 322 valence electrons. The van der Waals surface area contributed by atoms with E-state index in [0.29, 0.717) is 12.8 Å². The Morgan fingerprint density at radius 3 is 1.14 bits per heavy atom. The van der Waals surface area contributed by atoms with Gasteiger partial charge < -0.3 is 14.2 Å². The number of esters is 3. The van der Waals surface area contributed by atoms with Crippen molar-refractivity contribution in [3.63, 3.8) is 0 Å². The molecule has 0 bridgehead atoms. The van der Waals surface area contributed by atoms with E-state index < -0.39 is 6.10 Å². The van der Waals surface area contributed by atoms with Crippen molar-refractivity contribution in [2.75, 3.05) is 13.2 Å². The molecule has 0 aromatic heterocycles. The van der Waals surface area contributed by atoms with Gasteiger partial charge in [0.1, 0.15) is 13.2 Å². The van der Waals surface area contributed by atoms with Gasteiger partial charge in [-0.15, -0.1) is 0 Å². The van der Waals surface area contributed by atoms with Crippen molar-refractivity contribution < 1.29 is 28.6 Å². The first-order valence-corrected chi connectivity index (χ1v) is 22.8. The zero-order valence-electron chi connectivity index (χ0n) is 36.6. The van der Waals surface area contributed by atoms with Crippen molar-refractivity contribution >= 4 is 17.9 Å². The van der Waals surface area contributed by atoms with Crippen LogP contribution in [0.2, 0.25) is 0 Å². The molecule has 0 spiro atoms. The number of carbonyl (C=O) groups is 3. The van der Waals surface area contributed by atoms with E-state index in [1.165, 1.54) is 64.2 Å². The molecule has 0 aromatic rings. The second kappa shape index (κ2) is 45.0. The summed E-state index contributed by atoms with van der Waals surface area (Å²) in [6, 6.07) is 0. The van der Waals surface area contributed by atoms with Crippen LogP contribution in [0.5, 0.6) is 0 Å². The van der Waals surface area contributed by atoms with Crippen molar-refractivity contribution in [2.45, 2.75) is 194 Å². The van der Waals surface area contributed by atoms with Crippen molar-refractivity contribution in [3.05, 3.63) is 97.2 Å². The highest BCUT2D eigenvalue weighted by atomic mass is 16.6. The molecule has 57 heavy (non-hydrogen) atoms. The molecule has 1 atom stereocenters.